The van der Waals surface area contributed by atoms with Gasteiger partial charge >= 0.3 is 0 Å². The minimum Gasteiger partial charge on any atom is -0.345 e. The zero-order chi connectivity index (χ0) is 17.6. The summed E-state index contributed by atoms with van der Waals surface area (Å²) in [5.74, 6) is 0.259. The third-order valence-corrected chi connectivity index (χ3v) is 4.23. The summed E-state index contributed by atoms with van der Waals surface area (Å²) >= 11 is 0. The maximum Gasteiger partial charge on any atom is 0.251 e. The number of imidazole rings is 1. The first-order valence-electron chi connectivity index (χ1n) is 8.67. The predicted molar refractivity (Wildman–Crippen MR) is 96.8 cm³/mol. The molecule has 0 atom stereocenters. The van der Waals surface area contributed by atoms with Gasteiger partial charge in [-0.15, -0.1) is 0 Å². The maximum absolute atomic E-state index is 13.0. The Morgan fingerprint density at radius 2 is 1.88 bits per heavy atom. The molecule has 0 saturated carbocycles. The molecule has 1 heterocycles. The lowest BCUT2D eigenvalue weighted by atomic mass is 10.2. The van der Waals surface area contributed by atoms with Gasteiger partial charge in [0.05, 0.1) is 17.6 Å². The molecule has 0 spiro atoms. The Kier molecular flexibility index (Phi) is 5.43. The van der Waals surface area contributed by atoms with E-state index in [1.54, 1.807) is 0 Å². The van der Waals surface area contributed by atoms with E-state index in [0.717, 1.165) is 42.7 Å². The maximum atomic E-state index is 13.0. The topological polar surface area (TPSA) is 46.9 Å². The van der Waals surface area contributed by atoms with Crippen molar-refractivity contribution in [2.24, 2.45) is 0 Å². The number of amides is 1. The minimum atomic E-state index is -0.353. The SMILES string of the molecule is CCCCCn1c(CNC(=O)c2ccc(F)cc2)nc2ccccc21. The Morgan fingerprint density at radius 3 is 2.64 bits per heavy atom. The van der Waals surface area contributed by atoms with E-state index < -0.39 is 0 Å². The van der Waals surface area contributed by atoms with Crippen molar-refractivity contribution in [3.05, 3.63) is 65.7 Å². The highest BCUT2D eigenvalue weighted by Crippen LogP contribution is 2.17. The fourth-order valence-corrected chi connectivity index (χ4v) is 2.89. The number of halogens is 1. The number of fused-ring (bicyclic) bond motifs is 1. The molecule has 2 aromatic carbocycles. The molecule has 0 radical (unpaired) electrons. The van der Waals surface area contributed by atoms with Crippen molar-refractivity contribution in [3.8, 4) is 0 Å². The number of carbonyl (C=O) groups is 1. The van der Waals surface area contributed by atoms with Crippen LogP contribution in [-0.2, 0) is 13.1 Å². The van der Waals surface area contributed by atoms with Crippen LogP contribution in [0.25, 0.3) is 11.0 Å². The number of benzene rings is 2. The lowest BCUT2D eigenvalue weighted by molar-refractivity contribution is 0.0949. The average Bonchev–Trinajstić information content (AvgIpc) is 2.98. The summed E-state index contributed by atoms with van der Waals surface area (Å²) < 4.78 is 15.2. The van der Waals surface area contributed by atoms with Crippen LogP contribution in [0.15, 0.2) is 48.5 Å². The number of nitrogens with one attached hydrogen (secondary N) is 1. The second-order valence-electron chi connectivity index (χ2n) is 6.07. The summed E-state index contributed by atoms with van der Waals surface area (Å²) in [6, 6.07) is 13.5. The van der Waals surface area contributed by atoms with E-state index in [4.69, 9.17) is 0 Å². The van der Waals surface area contributed by atoms with Crippen LogP contribution in [0.5, 0.6) is 0 Å². The smallest absolute Gasteiger partial charge is 0.251 e. The molecule has 3 rings (SSSR count). The number of aryl methyl sites for hydroxylation is 1. The van der Waals surface area contributed by atoms with E-state index in [1.165, 1.54) is 24.3 Å². The van der Waals surface area contributed by atoms with Crippen LogP contribution in [0.1, 0.15) is 42.4 Å². The summed E-state index contributed by atoms with van der Waals surface area (Å²) in [7, 11) is 0. The third-order valence-electron chi connectivity index (χ3n) is 4.23. The minimum absolute atomic E-state index is 0.229. The van der Waals surface area contributed by atoms with E-state index in [2.05, 4.69) is 27.9 Å². The number of carbonyl (C=O) groups excluding carboxylic acids is 1. The average molecular weight is 339 g/mol. The summed E-state index contributed by atoms with van der Waals surface area (Å²) in [5, 5.41) is 2.88. The molecule has 4 nitrogen and oxygen atoms in total. The molecular weight excluding hydrogens is 317 g/mol. The first-order chi connectivity index (χ1) is 12.2. The van der Waals surface area contributed by atoms with Crippen LogP contribution in [0, 0.1) is 5.82 Å². The van der Waals surface area contributed by atoms with E-state index in [-0.39, 0.29) is 11.7 Å². The van der Waals surface area contributed by atoms with Crippen LogP contribution in [0.2, 0.25) is 0 Å². The zero-order valence-electron chi connectivity index (χ0n) is 14.3. The number of para-hydroxylation sites is 2. The van der Waals surface area contributed by atoms with Crippen molar-refractivity contribution in [3.63, 3.8) is 0 Å². The Labute approximate surface area is 146 Å². The monoisotopic (exact) mass is 339 g/mol. The second-order valence-corrected chi connectivity index (χ2v) is 6.07. The van der Waals surface area contributed by atoms with Crippen molar-refractivity contribution in [1.29, 1.82) is 0 Å². The normalized spacial score (nSPS) is 11.0. The van der Waals surface area contributed by atoms with Crippen LogP contribution < -0.4 is 5.32 Å². The molecule has 0 aliphatic heterocycles. The molecule has 0 bridgehead atoms. The molecule has 0 unspecified atom stereocenters. The molecule has 1 N–H and O–H groups in total. The highest BCUT2D eigenvalue weighted by Gasteiger charge is 2.12. The van der Waals surface area contributed by atoms with Gasteiger partial charge < -0.3 is 9.88 Å². The Morgan fingerprint density at radius 1 is 1.12 bits per heavy atom. The highest BCUT2D eigenvalue weighted by atomic mass is 19.1. The van der Waals surface area contributed by atoms with E-state index in [0.29, 0.717) is 12.1 Å². The summed E-state index contributed by atoms with van der Waals surface area (Å²) in [4.78, 5) is 16.9. The molecular formula is C20H22FN3O. The molecule has 0 fully saturated rings. The van der Waals surface area contributed by atoms with Crippen LogP contribution in [0.3, 0.4) is 0 Å². The van der Waals surface area contributed by atoms with E-state index in [1.807, 2.05) is 18.2 Å². The Bertz CT molecular complexity index is 855. The third kappa shape index (κ3) is 4.05. The second kappa shape index (κ2) is 7.92. The molecule has 0 saturated heterocycles. The van der Waals surface area contributed by atoms with Gasteiger partial charge in [0.2, 0.25) is 0 Å². The van der Waals surface area contributed by atoms with Crippen LogP contribution >= 0.6 is 0 Å². The molecule has 1 aromatic heterocycles. The molecule has 1 amide bonds. The summed E-state index contributed by atoms with van der Waals surface area (Å²) in [6.07, 6.45) is 3.40. The summed E-state index contributed by atoms with van der Waals surface area (Å²) in [5.41, 5.74) is 2.46. The number of aromatic nitrogens is 2. The lowest BCUT2D eigenvalue weighted by Crippen LogP contribution is -2.24. The van der Waals surface area contributed by atoms with Gasteiger partial charge in [-0.3, -0.25) is 4.79 Å². The number of nitrogens with zero attached hydrogens (tertiary/aromatic N) is 2. The Balaban J connectivity index is 1.76. The van der Waals surface area contributed by atoms with Gasteiger partial charge in [-0.2, -0.15) is 0 Å². The van der Waals surface area contributed by atoms with E-state index in [9.17, 15) is 9.18 Å². The number of unbranched alkanes of at least 4 members (excludes halogenated alkanes) is 2. The van der Waals surface area contributed by atoms with Gasteiger partial charge in [0.15, 0.2) is 0 Å². The van der Waals surface area contributed by atoms with Gasteiger partial charge in [0, 0.05) is 12.1 Å². The number of hydrogen-bond acceptors (Lipinski definition) is 2. The molecule has 25 heavy (non-hydrogen) atoms. The molecule has 0 aliphatic rings. The zero-order valence-corrected chi connectivity index (χ0v) is 14.3. The van der Waals surface area contributed by atoms with Crippen molar-refractivity contribution in [2.45, 2.75) is 39.3 Å². The summed E-state index contributed by atoms with van der Waals surface area (Å²) in [6.45, 7) is 3.41. The number of hydrogen-bond donors (Lipinski definition) is 1. The predicted octanol–water partition coefficient (Wildman–Crippen LogP) is 4.30. The highest BCUT2D eigenvalue weighted by molar-refractivity contribution is 5.94. The molecule has 5 heteroatoms. The standard InChI is InChI=1S/C20H22FN3O/c1-2-3-6-13-24-18-8-5-4-7-17(18)23-19(24)14-22-20(25)15-9-11-16(21)12-10-15/h4-5,7-12H,2-3,6,13-14H2,1H3,(H,22,25). The van der Waals surface area contributed by atoms with Crippen LogP contribution in [-0.4, -0.2) is 15.5 Å². The first kappa shape index (κ1) is 17.1. The lowest BCUT2D eigenvalue weighted by Gasteiger charge is -2.10. The largest absolute Gasteiger partial charge is 0.345 e. The van der Waals surface area contributed by atoms with Crippen molar-refractivity contribution in [2.75, 3.05) is 0 Å². The number of rotatable bonds is 7. The van der Waals surface area contributed by atoms with Gasteiger partial charge in [-0.05, 0) is 42.8 Å². The first-order valence-corrected chi connectivity index (χ1v) is 8.67. The van der Waals surface area contributed by atoms with Crippen molar-refractivity contribution in [1.82, 2.24) is 14.9 Å². The fraction of sp³-hybridized carbons (Fsp3) is 0.300. The molecule has 130 valence electrons. The van der Waals surface area contributed by atoms with Gasteiger partial charge in [0.25, 0.3) is 5.91 Å². The molecule has 3 aromatic rings. The van der Waals surface area contributed by atoms with Gasteiger partial charge in [0.1, 0.15) is 11.6 Å². The van der Waals surface area contributed by atoms with Crippen molar-refractivity contribution >= 4 is 16.9 Å². The fourth-order valence-electron chi connectivity index (χ4n) is 2.89. The van der Waals surface area contributed by atoms with Crippen molar-refractivity contribution < 1.29 is 9.18 Å². The Hall–Kier alpha value is -2.69. The van der Waals surface area contributed by atoms with Gasteiger partial charge in [-0.1, -0.05) is 31.9 Å². The van der Waals surface area contributed by atoms with Gasteiger partial charge in [-0.25, -0.2) is 9.37 Å². The van der Waals surface area contributed by atoms with Crippen LogP contribution in [0.4, 0.5) is 4.39 Å². The van der Waals surface area contributed by atoms with E-state index >= 15 is 0 Å². The molecule has 0 aliphatic carbocycles. The quantitative estimate of drug-likeness (QED) is 0.653.